The van der Waals surface area contributed by atoms with Crippen LogP contribution < -0.4 is 10.5 Å². The Morgan fingerprint density at radius 3 is 2.79 bits per heavy atom. The normalized spacial score (nSPS) is 17.6. The van der Waals surface area contributed by atoms with Gasteiger partial charge in [-0.1, -0.05) is 26.0 Å². The van der Waals surface area contributed by atoms with Crippen molar-refractivity contribution in [3.05, 3.63) is 64.1 Å². The van der Waals surface area contributed by atoms with Gasteiger partial charge in [0.15, 0.2) is 11.5 Å². The molecule has 2 atom stereocenters. The van der Waals surface area contributed by atoms with E-state index in [-0.39, 0.29) is 29.9 Å². The molecule has 0 aliphatic carbocycles. The second-order valence-electron chi connectivity index (χ2n) is 8.74. The van der Waals surface area contributed by atoms with Crippen molar-refractivity contribution in [3.8, 4) is 5.75 Å². The summed E-state index contributed by atoms with van der Waals surface area (Å²) >= 11 is 0. The first-order chi connectivity index (χ1) is 16.3. The van der Waals surface area contributed by atoms with Gasteiger partial charge in [-0.2, -0.15) is 0 Å². The van der Waals surface area contributed by atoms with Crippen LogP contribution in [0, 0.1) is 5.82 Å². The zero-order valence-electron chi connectivity index (χ0n) is 20.2. The zero-order valence-corrected chi connectivity index (χ0v) is 20.2. The predicted molar refractivity (Wildman–Crippen MR) is 130 cm³/mol. The third kappa shape index (κ3) is 5.38. The topological polar surface area (TPSA) is 84.7 Å². The summed E-state index contributed by atoms with van der Waals surface area (Å²) in [6.07, 6.45) is 4.22. The van der Waals surface area contributed by atoms with Crippen LogP contribution in [0.2, 0.25) is 0 Å². The fraction of sp³-hybridized carbons (Fsp3) is 0.500. The highest BCUT2D eigenvalue weighted by Crippen LogP contribution is 2.29. The van der Waals surface area contributed by atoms with Crippen LogP contribution in [0.5, 0.6) is 5.75 Å². The number of nitrogens with zero attached hydrogens (tertiary/aromatic N) is 3. The fourth-order valence-corrected chi connectivity index (χ4v) is 4.35. The van der Waals surface area contributed by atoms with Crippen LogP contribution in [0.4, 0.5) is 10.1 Å². The number of hydrogen-bond acceptors (Lipinski definition) is 6. The Balaban J connectivity index is 1.91. The van der Waals surface area contributed by atoms with Crippen LogP contribution in [0.1, 0.15) is 73.4 Å². The van der Waals surface area contributed by atoms with Crippen molar-refractivity contribution in [2.45, 2.75) is 57.9 Å². The highest BCUT2D eigenvalue weighted by molar-refractivity contribution is 5.96. The number of halogens is 1. The van der Waals surface area contributed by atoms with Crippen LogP contribution in [-0.2, 0) is 11.2 Å². The first kappa shape index (κ1) is 25.6. The van der Waals surface area contributed by atoms with Gasteiger partial charge in [-0.15, -0.1) is 6.58 Å². The van der Waals surface area contributed by atoms with Gasteiger partial charge < -0.3 is 14.7 Å². The number of anilines is 1. The lowest BCUT2D eigenvalue weighted by Crippen LogP contribution is -2.32. The number of benzene rings is 1. The Morgan fingerprint density at radius 2 is 2.12 bits per heavy atom. The lowest BCUT2D eigenvalue weighted by Gasteiger charge is -2.22. The number of ketones is 1. The molecule has 1 aliphatic rings. The summed E-state index contributed by atoms with van der Waals surface area (Å²) in [5.41, 5.74) is 0.701. The third-order valence-electron chi connectivity index (χ3n) is 6.46. The Bertz CT molecular complexity index is 1100. The number of rotatable bonds is 10. The molecule has 1 N–H and O–H groups in total. The van der Waals surface area contributed by atoms with Gasteiger partial charge in [0.2, 0.25) is 5.75 Å². The number of fused-ring (bicyclic) bond motifs is 1. The van der Waals surface area contributed by atoms with E-state index in [1.807, 2.05) is 25.8 Å². The van der Waals surface area contributed by atoms with Gasteiger partial charge in [-0.25, -0.2) is 9.37 Å². The van der Waals surface area contributed by atoms with Crippen molar-refractivity contribution in [2.75, 3.05) is 31.7 Å². The van der Waals surface area contributed by atoms with E-state index in [1.54, 1.807) is 12.1 Å². The molecule has 0 spiro atoms. The van der Waals surface area contributed by atoms with Gasteiger partial charge in [0.1, 0.15) is 11.6 Å². The summed E-state index contributed by atoms with van der Waals surface area (Å²) < 4.78 is 21.2. The molecular formula is C26H34FN3O4. The molecule has 0 fully saturated rings. The minimum Gasteiger partial charge on any atom is -0.501 e. The molecule has 1 aromatic carbocycles. The molecule has 0 saturated heterocycles. The maximum atomic E-state index is 13.9. The fourth-order valence-electron chi connectivity index (χ4n) is 4.35. The monoisotopic (exact) mass is 471 g/mol. The molecule has 0 amide bonds. The van der Waals surface area contributed by atoms with E-state index in [2.05, 4.69) is 11.6 Å². The maximum absolute atomic E-state index is 13.9. The molecule has 34 heavy (non-hydrogen) atoms. The molecule has 1 aliphatic heterocycles. The average Bonchev–Trinajstić information content (AvgIpc) is 3.02. The molecule has 7 nitrogen and oxygen atoms in total. The van der Waals surface area contributed by atoms with Crippen LogP contribution in [0.3, 0.4) is 0 Å². The van der Waals surface area contributed by atoms with E-state index in [4.69, 9.17) is 4.74 Å². The molecule has 2 aromatic rings. The van der Waals surface area contributed by atoms with E-state index in [0.717, 1.165) is 12.0 Å². The van der Waals surface area contributed by atoms with E-state index < -0.39 is 17.1 Å². The summed E-state index contributed by atoms with van der Waals surface area (Å²) in [6, 6.07) is 4.24. The van der Waals surface area contributed by atoms with Gasteiger partial charge in [0, 0.05) is 31.6 Å². The van der Waals surface area contributed by atoms with Crippen LogP contribution in [-0.4, -0.2) is 47.2 Å². The molecule has 2 heterocycles. The molecule has 1 aromatic heterocycles. The average molecular weight is 472 g/mol. The number of aryl methyl sites for hydroxylation is 1. The van der Waals surface area contributed by atoms with E-state index in [1.165, 1.54) is 16.7 Å². The Hall–Kier alpha value is -3.00. The van der Waals surface area contributed by atoms with Gasteiger partial charge in [0.25, 0.3) is 5.56 Å². The number of hydrogen-bond donors (Lipinski definition) is 1. The smallest absolute Gasteiger partial charge is 0.296 e. The molecule has 184 valence electrons. The highest BCUT2D eigenvalue weighted by Gasteiger charge is 2.30. The lowest BCUT2D eigenvalue weighted by atomic mass is 10.0. The Labute approximate surface area is 199 Å². The second-order valence-corrected chi connectivity index (χ2v) is 8.74. The SMILES string of the molecule is C=CCCN(C)c1cc(F)ccc1CCC(=O)c1nc2n(c(=O)c1O)[C@@H](CC)COC[C@H]2CC. The number of carbonyl (C=O) groups is 1. The first-order valence-electron chi connectivity index (χ1n) is 11.9. The summed E-state index contributed by atoms with van der Waals surface area (Å²) in [5.74, 6) is -1.04. The Kier molecular flexibility index (Phi) is 8.61. The maximum Gasteiger partial charge on any atom is 0.296 e. The van der Waals surface area contributed by atoms with Crippen LogP contribution >= 0.6 is 0 Å². The summed E-state index contributed by atoms with van der Waals surface area (Å²) in [7, 11) is 1.86. The van der Waals surface area contributed by atoms with E-state index in [0.29, 0.717) is 50.5 Å². The zero-order chi connectivity index (χ0) is 24.8. The van der Waals surface area contributed by atoms with Crippen molar-refractivity contribution in [3.63, 3.8) is 0 Å². The van der Waals surface area contributed by atoms with Crippen molar-refractivity contribution >= 4 is 11.5 Å². The summed E-state index contributed by atoms with van der Waals surface area (Å²) in [6.45, 7) is 9.08. The minimum atomic E-state index is -0.619. The molecule has 3 rings (SSSR count). The van der Waals surface area contributed by atoms with E-state index in [9.17, 15) is 19.1 Å². The van der Waals surface area contributed by atoms with Gasteiger partial charge in [-0.05, 0) is 43.4 Å². The number of Topliss-reactive ketones (excluding diaryl/α,β-unsaturated/α-hetero) is 1. The van der Waals surface area contributed by atoms with Gasteiger partial charge in [0.05, 0.1) is 19.3 Å². The van der Waals surface area contributed by atoms with Crippen LogP contribution in [0.15, 0.2) is 35.6 Å². The Morgan fingerprint density at radius 1 is 1.35 bits per heavy atom. The number of carbonyl (C=O) groups excluding carboxylic acids is 1. The lowest BCUT2D eigenvalue weighted by molar-refractivity contribution is 0.0973. The number of ether oxygens (including phenoxy) is 1. The molecular weight excluding hydrogens is 437 g/mol. The number of aromatic nitrogens is 2. The van der Waals surface area contributed by atoms with Crippen molar-refractivity contribution in [2.24, 2.45) is 0 Å². The van der Waals surface area contributed by atoms with Gasteiger partial charge in [-0.3, -0.25) is 14.2 Å². The predicted octanol–water partition coefficient (Wildman–Crippen LogP) is 4.39. The van der Waals surface area contributed by atoms with Crippen molar-refractivity contribution < 1.29 is 19.0 Å². The van der Waals surface area contributed by atoms with E-state index >= 15 is 0 Å². The molecule has 0 bridgehead atoms. The molecule has 0 radical (unpaired) electrons. The largest absolute Gasteiger partial charge is 0.501 e. The summed E-state index contributed by atoms with van der Waals surface area (Å²) in [5, 5.41) is 10.6. The second kappa shape index (κ2) is 11.4. The van der Waals surface area contributed by atoms with Crippen molar-refractivity contribution in [1.29, 1.82) is 0 Å². The molecule has 0 unspecified atom stereocenters. The van der Waals surface area contributed by atoms with Crippen molar-refractivity contribution in [1.82, 2.24) is 9.55 Å². The highest BCUT2D eigenvalue weighted by atomic mass is 19.1. The quantitative estimate of drug-likeness (QED) is 0.409. The third-order valence-corrected chi connectivity index (χ3v) is 6.46. The molecule has 0 saturated carbocycles. The standard InChI is InChI=1S/C26H34FN3O4/c1-5-8-13-29(4)21-14-19(27)11-9-18(21)10-12-22(31)23-24(32)26(33)30-20(7-3)16-34-15-17(6-2)25(30)28-23/h5,9,11,14,17,20,32H,1,6-8,10,12-13,15-16H2,2-4H3/t17-,20+/m1/s1. The molecule has 8 heteroatoms. The van der Waals surface area contributed by atoms with Gasteiger partial charge >= 0.3 is 0 Å². The number of aromatic hydroxyl groups is 1. The first-order valence-corrected chi connectivity index (χ1v) is 11.9. The summed E-state index contributed by atoms with van der Waals surface area (Å²) in [4.78, 5) is 32.6. The minimum absolute atomic E-state index is 0.0296. The van der Waals surface area contributed by atoms with Crippen LogP contribution in [0.25, 0.3) is 0 Å².